The maximum absolute atomic E-state index is 11.6. The van der Waals surface area contributed by atoms with Crippen LogP contribution in [-0.2, 0) is 6.42 Å². The molecule has 0 bridgehead atoms. The lowest BCUT2D eigenvalue weighted by atomic mass is 10.1. The first-order valence-corrected chi connectivity index (χ1v) is 6.17. The van der Waals surface area contributed by atoms with Crippen LogP contribution in [0.15, 0.2) is 34.9 Å². The van der Waals surface area contributed by atoms with Crippen LogP contribution in [0.5, 0.6) is 0 Å². The molecule has 0 saturated carbocycles. The molecule has 0 unspecified atom stereocenters. The van der Waals surface area contributed by atoms with Crippen molar-refractivity contribution < 1.29 is 9.32 Å². The minimum atomic E-state index is -0.277. The lowest BCUT2D eigenvalue weighted by Crippen LogP contribution is -2.30. The molecule has 0 atom stereocenters. The van der Waals surface area contributed by atoms with Crippen molar-refractivity contribution in [2.45, 2.75) is 20.3 Å². The Kier molecular flexibility index (Phi) is 4.18. The number of nitrogens with one attached hydrogen (secondary N) is 2. The van der Waals surface area contributed by atoms with Gasteiger partial charge in [0.1, 0.15) is 5.76 Å². The molecule has 0 aliphatic carbocycles. The fraction of sp³-hybridized carbons (Fsp3) is 0.286. The second-order valence-corrected chi connectivity index (χ2v) is 4.44. The van der Waals surface area contributed by atoms with Crippen molar-refractivity contribution in [1.82, 2.24) is 10.5 Å². The standard InChI is InChI=1S/C14H17N3O2/c1-10-4-3-5-12(8-10)6-7-15-14(18)16-13-9-11(2)19-17-13/h3-5,8-9H,6-7H2,1-2H3,(H2,15,16,17,18). The molecule has 2 aromatic rings. The maximum atomic E-state index is 11.6. The molecule has 0 radical (unpaired) electrons. The van der Waals surface area contributed by atoms with Crippen LogP contribution in [0.1, 0.15) is 16.9 Å². The predicted octanol–water partition coefficient (Wildman–Crippen LogP) is 2.66. The van der Waals surface area contributed by atoms with Crippen molar-refractivity contribution in [2.24, 2.45) is 0 Å². The molecule has 0 fully saturated rings. The summed E-state index contributed by atoms with van der Waals surface area (Å²) in [6.07, 6.45) is 0.799. The van der Waals surface area contributed by atoms with Crippen LogP contribution in [-0.4, -0.2) is 17.7 Å². The number of nitrogens with zero attached hydrogens (tertiary/aromatic N) is 1. The Hall–Kier alpha value is -2.30. The van der Waals surface area contributed by atoms with E-state index in [-0.39, 0.29) is 6.03 Å². The monoisotopic (exact) mass is 259 g/mol. The molecule has 5 nitrogen and oxygen atoms in total. The van der Waals surface area contributed by atoms with Crippen LogP contribution in [0.25, 0.3) is 0 Å². The number of amides is 2. The number of hydrogen-bond acceptors (Lipinski definition) is 3. The number of hydrogen-bond donors (Lipinski definition) is 2. The summed E-state index contributed by atoms with van der Waals surface area (Å²) in [5.74, 6) is 1.08. The van der Waals surface area contributed by atoms with Gasteiger partial charge in [0.05, 0.1) is 0 Å². The Bertz CT molecular complexity index is 563. The number of urea groups is 1. The molecule has 0 spiro atoms. The van der Waals surface area contributed by atoms with Crippen molar-refractivity contribution >= 4 is 11.8 Å². The van der Waals surface area contributed by atoms with Gasteiger partial charge in [0.2, 0.25) is 0 Å². The van der Waals surface area contributed by atoms with E-state index in [2.05, 4.69) is 34.8 Å². The van der Waals surface area contributed by atoms with Gasteiger partial charge in [0.25, 0.3) is 0 Å². The molecule has 1 aromatic carbocycles. The normalized spacial score (nSPS) is 10.2. The summed E-state index contributed by atoms with van der Waals surface area (Å²) in [7, 11) is 0. The highest BCUT2D eigenvalue weighted by atomic mass is 16.5. The zero-order valence-electron chi connectivity index (χ0n) is 11.1. The molecule has 1 aromatic heterocycles. The Balaban J connectivity index is 1.75. The zero-order chi connectivity index (χ0) is 13.7. The highest BCUT2D eigenvalue weighted by Crippen LogP contribution is 2.06. The number of carbonyl (C=O) groups excluding carboxylic acids is 1. The van der Waals surface area contributed by atoms with Crippen molar-refractivity contribution in [2.75, 3.05) is 11.9 Å². The Morgan fingerprint density at radius 1 is 1.32 bits per heavy atom. The second kappa shape index (κ2) is 6.04. The highest BCUT2D eigenvalue weighted by Gasteiger charge is 2.04. The van der Waals surface area contributed by atoms with E-state index in [4.69, 9.17) is 4.52 Å². The summed E-state index contributed by atoms with van der Waals surface area (Å²) in [6, 6.07) is 9.62. The summed E-state index contributed by atoms with van der Waals surface area (Å²) in [5.41, 5.74) is 2.43. The first kappa shape index (κ1) is 13.1. The highest BCUT2D eigenvalue weighted by molar-refractivity contribution is 5.88. The lowest BCUT2D eigenvalue weighted by Gasteiger charge is -2.05. The van der Waals surface area contributed by atoms with E-state index < -0.39 is 0 Å². The van der Waals surface area contributed by atoms with E-state index >= 15 is 0 Å². The van der Waals surface area contributed by atoms with Crippen molar-refractivity contribution in [3.63, 3.8) is 0 Å². The van der Waals surface area contributed by atoms with Crippen molar-refractivity contribution in [3.8, 4) is 0 Å². The molecular weight excluding hydrogens is 242 g/mol. The number of aryl methyl sites for hydroxylation is 2. The second-order valence-electron chi connectivity index (χ2n) is 4.44. The lowest BCUT2D eigenvalue weighted by molar-refractivity contribution is 0.252. The van der Waals surface area contributed by atoms with Gasteiger partial charge in [-0.05, 0) is 25.8 Å². The smallest absolute Gasteiger partial charge is 0.320 e. The summed E-state index contributed by atoms with van der Waals surface area (Å²) in [6.45, 7) is 4.40. The Labute approximate surface area is 112 Å². The van der Waals surface area contributed by atoms with Crippen LogP contribution in [0.4, 0.5) is 10.6 Å². The third kappa shape index (κ3) is 4.13. The third-order valence-corrected chi connectivity index (χ3v) is 2.65. The largest absolute Gasteiger partial charge is 0.360 e. The van der Waals surface area contributed by atoms with Gasteiger partial charge in [0, 0.05) is 12.6 Å². The molecule has 0 aliphatic rings. The van der Waals surface area contributed by atoms with E-state index in [9.17, 15) is 4.79 Å². The van der Waals surface area contributed by atoms with Gasteiger partial charge in [-0.3, -0.25) is 5.32 Å². The van der Waals surface area contributed by atoms with E-state index in [1.165, 1.54) is 11.1 Å². The fourth-order valence-electron chi connectivity index (χ4n) is 1.77. The first-order valence-electron chi connectivity index (χ1n) is 6.17. The van der Waals surface area contributed by atoms with Crippen LogP contribution in [0.2, 0.25) is 0 Å². The average molecular weight is 259 g/mol. The Morgan fingerprint density at radius 3 is 2.84 bits per heavy atom. The minimum Gasteiger partial charge on any atom is -0.360 e. The minimum absolute atomic E-state index is 0.277. The molecular formula is C14H17N3O2. The van der Waals surface area contributed by atoms with Crippen LogP contribution in [0, 0.1) is 13.8 Å². The van der Waals surface area contributed by atoms with E-state index in [1.54, 1.807) is 13.0 Å². The number of rotatable bonds is 4. The number of aromatic nitrogens is 1. The molecule has 0 aliphatic heterocycles. The van der Waals surface area contributed by atoms with Crippen molar-refractivity contribution in [3.05, 3.63) is 47.2 Å². The van der Waals surface area contributed by atoms with Crippen LogP contribution >= 0.6 is 0 Å². The van der Waals surface area contributed by atoms with E-state index in [0.29, 0.717) is 18.1 Å². The van der Waals surface area contributed by atoms with Gasteiger partial charge < -0.3 is 9.84 Å². The van der Waals surface area contributed by atoms with Crippen LogP contribution < -0.4 is 10.6 Å². The number of carbonyl (C=O) groups is 1. The van der Waals surface area contributed by atoms with E-state index in [1.807, 2.05) is 12.1 Å². The molecule has 100 valence electrons. The molecule has 2 N–H and O–H groups in total. The summed E-state index contributed by atoms with van der Waals surface area (Å²) in [4.78, 5) is 11.6. The van der Waals surface area contributed by atoms with Gasteiger partial charge in [-0.1, -0.05) is 35.0 Å². The van der Waals surface area contributed by atoms with Gasteiger partial charge >= 0.3 is 6.03 Å². The summed E-state index contributed by atoms with van der Waals surface area (Å²) >= 11 is 0. The van der Waals surface area contributed by atoms with Gasteiger partial charge in [0.15, 0.2) is 5.82 Å². The number of anilines is 1. The number of benzene rings is 1. The van der Waals surface area contributed by atoms with Gasteiger partial charge in [-0.15, -0.1) is 0 Å². The fourth-order valence-corrected chi connectivity index (χ4v) is 1.77. The van der Waals surface area contributed by atoms with Gasteiger partial charge in [-0.25, -0.2) is 4.79 Å². The van der Waals surface area contributed by atoms with Gasteiger partial charge in [-0.2, -0.15) is 0 Å². The average Bonchev–Trinajstić information content (AvgIpc) is 2.75. The molecule has 2 rings (SSSR count). The molecule has 1 heterocycles. The molecule has 19 heavy (non-hydrogen) atoms. The molecule has 5 heteroatoms. The topological polar surface area (TPSA) is 67.2 Å². The Morgan fingerprint density at radius 2 is 2.16 bits per heavy atom. The maximum Gasteiger partial charge on any atom is 0.320 e. The molecule has 2 amide bonds. The van der Waals surface area contributed by atoms with E-state index in [0.717, 1.165) is 6.42 Å². The zero-order valence-corrected chi connectivity index (χ0v) is 11.1. The van der Waals surface area contributed by atoms with Crippen LogP contribution in [0.3, 0.4) is 0 Å². The first-order chi connectivity index (χ1) is 9.13. The third-order valence-electron chi connectivity index (χ3n) is 2.65. The quantitative estimate of drug-likeness (QED) is 0.887. The predicted molar refractivity (Wildman–Crippen MR) is 73.1 cm³/mol. The summed E-state index contributed by atoms with van der Waals surface area (Å²) < 4.78 is 4.86. The molecule has 0 saturated heterocycles. The SMILES string of the molecule is Cc1cccc(CCNC(=O)Nc2cc(C)on2)c1. The summed E-state index contributed by atoms with van der Waals surface area (Å²) in [5, 5.41) is 9.07. The van der Waals surface area contributed by atoms with Crippen molar-refractivity contribution in [1.29, 1.82) is 0 Å².